The van der Waals surface area contributed by atoms with E-state index in [4.69, 9.17) is 11.6 Å². The number of fused-ring (bicyclic) bond motifs is 1. The van der Waals surface area contributed by atoms with Gasteiger partial charge >= 0.3 is 6.03 Å². The van der Waals surface area contributed by atoms with Gasteiger partial charge in [-0.15, -0.1) is 0 Å². The van der Waals surface area contributed by atoms with Crippen LogP contribution >= 0.6 is 11.6 Å². The largest absolute Gasteiger partial charge is 0.328 e. The predicted octanol–water partition coefficient (Wildman–Crippen LogP) is 5.33. The van der Waals surface area contributed by atoms with E-state index in [9.17, 15) is 14.0 Å². The van der Waals surface area contributed by atoms with Gasteiger partial charge in [-0.2, -0.15) is 0 Å². The Bertz CT molecular complexity index is 1070. The van der Waals surface area contributed by atoms with Crippen LogP contribution in [0.4, 0.5) is 14.9 Å². The number of rotatable bonds is 5. The summed E-state index contributed by atoms with van der Waals surface area (Å²) < 4.78 is 13.4. The van der Waals surface area contributed by atoms with E-state index in [0.29, 0.717) is 24.0 Å². The standard InChI is InChI=1S/C21H21ClFN3O2/c1-3-19(16-12-24-20(27)15-8-6-5-7-14(15)16)26(4-2)21(28)25-13-9-10-18(23)17(22)11-13/h5-12,19H,3-4H2,1-2H3,(H,24,27)(H,25,28). The van der Waals surface area contributed by atoms with E-state index < -0.39 is 5.82 Å². The van der Waals surface area contributed by atoms with Crippen LogP contribution in [0.15, 0.2) is 53.5 Å². The van der Waals surface area contributed by atoms with Crippen molar-refractivity contribution in [2.75, 3.05) is 11.9 Å². The van der Waals surface area contributed by atoms with Crippen molar-refractivity contribution in [3.8, 4) is 0 Å². The maximum absolute atomic E-state index is 13.4. The average molecular weight is 402 g/mol. The highest BCUT2D eigenvalue weighted by molar-refractivity contribution is 6.31. The third kappa shape index (κ3) is 3.87. The number of carbonyl (C=O) groups excluding carboxylic acids is 1. The number of nitrogens with one attached hydrogen (secondary N) is 2. The number of amides is 2. The Labute approximate surface area is 167 Å². The molecule has 2 N–H and O–H groups in total. The highest BCUT2D eigenvalue weighted by atomic mass is 35.5. The molecule has 0 fully saturated rings. The van der Waals surface area contributed by atoms with Crippen molar-refractivity contribution in [3.63, 3.8) is 0 Å². The number of benzene rings is 2. The van der Waals surface area contributed by atoms with Crippen molar-refractivity contribution in [2.24, 2.45) is 0 Å². The summed E-state index contributed by atoms with van der Waals surface area (Å²) in [4.78, 5) is 29.5. The number of H-pyrrole nitrogens is 1. The molecule has 5 nitrogen and oxygen atoms in total. The van der Waals surface area contributed by atoms with Crippen molar-refractivity contribution in [1.29, 1.82) is 0 Å². The molecular formula is C21H21ClFN3O2. The van der Waals surface area contributed by atoms with E-state index in [1.165, 1.54) is 18.2 Å². The first-order valence-electron chi connectivity index (χ1n) is 9.09. The molecule has 1 atom stereocenters. The summed E-state index contributed by atoms with van der Waals surface area (Å²) in [6.45, 7) is 4.32. The van der Waals surface area contributed by atoms with Crippen molar-refractivity contribution in [1.82, 2.24) is 9.88 Å². The Morgan fingerprint density at radius 2 is 1.93 bits per heavy atom. The Morgan fingerprint density at radius 1 is 1.21 bits per heavy atom. The molecule has 0 saturated heterocycles. The van der Waals surface area contributed by atoms with Gasteiger partial charge in [-0.25, -0.2) is 9.18 Å². The van der Waals surface area contributed by atoms with Crippen LogP contribution in [-0.4, -0.2) is 22.5 Å². The first kappa shape index (κ1) is 19.9. The molecule has 0 aliphatic carbocycles. The molecule has 0 spiro atoms. The molecular weight excluding hydrogens is 381 g/mol. The van der Waals surface area contributed by atoms with Crippen LogP contribution in [0.25, 0.3) is 10.8 Å². The van der Waals surface area contributed by atoms with Gasteiger partial charge in [0.25, 0.3) is 5.56 Å². The molecule has 2 aromatic carbocycles. The minimum absolute atomic E-state index is 0.0560. The van der Waals surface area contributed by atoms with E-state index in [2.05, 4.69) is 10.3 Å². The zero-order chi connectivity index (χ0) is 20.3. The minimum atomic E-state index is -0.543. The van der Waals surface area contributed by atoms with Crippen LogP contribution in [0.1, 0.15) is 31.9 Å². The Morgan fingerprint density at radius 3 is 2.57 bits per heavy atom. The van der Waals surface area contributed by atoms with Crippen molar-refractivity contribution >= 4 is 34.1 Å². The molecule has 1 unspecified atom stereocenters. The number of anilines is 1. The number of urea groups is 1. The zero-order valence-electron chi connectivity index (χ0n) is 15.6. The lowest BCUT2D eigenvalue weighted by atomic mass is 9.98. The molecule has 146 valence electrons. The number of nitrogens with zero attached hydrogens (tertiary/aromatic N) is 1. The summed E-state index contributed by atoms with van der Waals surface area (Å²) in [5, 5.41) is 4.11. The van der Waals surface area contributed by atoms with Gasteiger partial charge in [0.15, 0.2) is 0 Å². The second kappa shape index (κ2) is 8.44. The van der Waals surface area contributed by atoms with E-state index in [0.717, 1.165) is 10.9 Å². The Kier molecular flexibility index (Phi) is 5.99. The van der Waals surface area contributed by atoms with Gasteiger partial charge in [-0.3, -0.25) is 4.79 Å². The highest BCUT2D eigenvalue weighted by Crippen LogP contribution is 2.29. The molecule has 1 aromatic heterocycles. The fraction of sp³-hybridized carbons (Fsp3) is 0.238. The van der Waals surface area contributed by atoms with Crippen LogP contribution in [-0.2, 0) is 0 Å². The number of halogens is 2. The summed E-state index contributed by atoms with van der Waals surface area (Å²) in [6.07, 6.45) is 2.32. The molecule has 0 bridgehead atoms. The topological polar surface area (TPSA) is 65.2 Å². The van der Waals surface area contributed by atoms with Gasteiger partial charge < -0.3 is 15.2 Å². The molecule has 3 rings (SSSR count). The fourth-order valence-corrected chi connectivity index (χ4v) is 3.57. The van der Waals surface area contributed by atoms with Crippen LogP contribution < -0.4 is 10.9 Å². The molecule has 1 heterocycles. The SMILES string of the molecule is CCC(c1c[nH]c(=O)c2ccccc12)N(CC)C(=O)Nc1ccc(F)c(Cl)c1. The normalized spacial score (nSPS) is 12.0. The van der Waals surface area contributed by atoms with Crippen LogP contribution in [0, 0.1) is 5.82 Å². The molecule has 2 amide bonds. The van der Waals surface area contributed by atoms with Gasteiger partial charge in [0.1, 0.15) is 5.82 Å². The third-order valence-corrected chi connectivity index (χ3v) is 5.03. The summed E-state index contributed by atoms with van der Waals surface area (Å²) in [5.41, 5.74) is 1.12. The average Bonchev–Trinajstić information content (AvgIpc) is 2.70. The van der Waals surface area contributed by atoms with Crippen LogP contribution in [0.5, 0.6) is 0 Å². The molecule has 28 heavy (non-hydrogen) atoms. The summed E-state index contributed by atoms with van der Waals surface area (Å²) in [6, 6.07) is 10.8. The number of aromatic nitrogens is 1. The fourth-order valence-electron chi connectivity index (χ4n) is 3.39. The van der Waals surface area contributed by atoms with Gasteiger partial charge in [-0.1, -0.05) is 36.7 Å². The van der Waals surface area contributed by atoms with E-state index in [1.54, 1.807) is 17.2 Å². The summed E-state index contributed by atoms with van der Waals surface area (Å²) in [7, 11) is 0. The first-order chi connectivity index (χ1) is 13.5. The minimum Gasteiger partial charge on any atom is -0.328 e. The van der Waals surface area contributed by atoms with E-state index >= 15 is 0 Å². The number of hydrogen-bond acceptors (Lipinski definition) is 2. The van der Waals surface area contributed by atoms with Gasteiger partial charge in [0.2, 0.25) is 0 Å². The van der Waals surface area contributed by atoms with Crippen molar-refractivity contribution < 1.29 is 9.18 Å². The van der Waals surface area contributed by atoms with Gasteiger partial charge in [-0.05, 0) is 48.6 Å². The zero-order valence-corrected chi connectivity index (χ0v) is 16.4. The lowest BCUT2D eigenvalue weighted by molar-refractivity contribution is 0.190. The van der Waals surface area contributed by atoms with Crippen molar-refractivity contribution in [3.05, 3.63) is 75.4 Å². The number of pyridine rings is 1. The lowest BCUT2D eigenvalue weighted by Gasteiger charge is -2.31. The maximum atomic E-state index is 13.4. The van der Waals surface area contributed by atoms with Crippen LogP contribution in [0.2, 0.25) is 5.02 Å². The lowest BCUT2D eigenvalue weighted by Crippen LogP contribution is -2.38. The Balaban J connectivity index is 1.95. The smallest absolute Gasteiger partial charge is 0.322 e. The first-order valence-corrected chi connectivity index (χ1v) is 9.47. The second-order valence-electron chi connectivity index (χ2n) is 6.39. The molecule has 0 radical (unpaired) electrons. The number of hydrogen-bond donors (Lipinski definition) is 2. The summed E-state index contributed by atoms with van der Waals surface area (Å²) in [5.74, 6) is -0.543. The Hall–Kier alpha value is -2.86. The quantitative estimate of drug-likeness (QED) is 0.607. The molecule has 3 aromatic rings. The van der Waals surface area contributed by atoms with E-state index in [-0.39, 0.29) is 22.7 Å². The molecule has 0 aliphatic heterocycles. The van der Waals surface area contributed by atoms with E-state index in [1.807, 2.05) is 32.0 Å². The molecule has 0 aliphatic rings. The van der Waals surface area contributed by atoms with Crippen molar-refractivity contribution in [2.45, 2.75) is 26.3 Å². The number of carbonyl (C=O) groups is 1. The monoisotopic (exact) mass is 401 g/mol. The molecule has 0 saturated carbocycles. The molecule has 7 heteroatoms. The predicted molar refractivity (Wildman–Crippen MR) is 110 cm³/mol. The third-order valence-electron chi connectivity index (χ3n) is 4.74. The van der Waals surface area contributed by atoms with Crippen LogP contribution in [0.3, 0.4) is 0 Å². The summed E-state index contributed by atoms with van der Waals surface area (Å²) >= 11 is 5.80. The highest BCUT2D eigenvalue weighted by Gasteiger charge is 2.25. The second-order valence-corrected chi connectivity index (χ2v) is 6.80. The van der Waals surface area contributed by atoms with Gasteiger partial charge in [0, 0.05) is 23.8 Å². The van der Waals surface area contributed by atoms with Gasteiger partial charge in [0.05, 0.1) is 11.1 Å². The maximum Gasteiger partial charge on any atom is 0.322 e. The number of aromatic amines is 1.